The van der Waals surface area contributed by atoms with Crippen LogP contribution in [0.5, 0.6) is 0 Å². The van der Waals surface area contributed by atoms with E-state index in [0.29, 0.717) is 0 Å². The molecule has 22 valence electrons. The average molecular weight is 106 g/mol. The second-order valence-corrected chi connectivity index (χ2v) is 1.22. The van der Waals surface area contributed by atoms with E-state index < -0.39 is 14.7 Å². The zero-order chi connectivity index (χ0) is 2.71. The molecule has 1 unspecified atom stereocenters. The second kappa shape index (κ2) is 8.85. The fourth-order valence-electron chi connectivity index (χ4n) is 0. The average Bonchev–Trinajstić information content (AvgIpc) is 0.918. The van der Waals surface area contributed by atoms with E-state index >= 15 is 0 Å². The third kappa shape index (κ3) is 10.3. The van der Waals surface area contributed by atoms with Crippen molar-refractivity contribution >= 4 is 40.0 Å². The monoisotopic (exact) mass is 106 g/mol. The van der Waals surface area contributed by atoms with Crippen LogP contribution in [0.2, 0.25) is 0 Å². The van der Waals surface area contributed by atoms with Gasteiger partial charge >= 0.3 is 26.4 Å². The summed E-state index contributed by atoms with van der Waals surface area (Å²) in [4.78, 5) is 0. The van der Waals surface area contributed by atoms with Crippen molar-refractivity contribution in [2.75, 3.05) is 0 Å². The Kier molecular flexibility index (Phi) is 19.9. The van der Waals surface area contributed by atoms with Gasteiger partial charge < -0.3 is 0 Å². The Bertz CT molecular complexity index is 13.5. The standard InChI is InChI=1S/2Al.O.H2P.3H/h;;;1H2;;;/q;+1;;-1;;;. The molecule has 0 aromatic carbocycles. The molecular formula is H5Al2OP. The van der Waals surface area contributed by atoms with E-state index in [9.17, 15) is 0 Å². The molecule has 0 saturated carbocycles. The number of rotatable bonds is 0. The summed E-state index contributed by atoms with van der Waals surface area (Å²) in [5.41, 5.74) is 0. The van der Waals surface area contributed by atoms with Crippen molar-refractivity contribution in [2.45, 2.75) is 0 Å². The molecule has 0 saturated heterocycles. The third-order valence-electron chi connectivity index (χ3n) is 0. The van der Waals surface area contributed by atoms with Gasteiger partial charge in [0.15, 0.2) is 17.4 Å². The Hall–Kier alpha value is 1.29. The molecule has 0 rings (SSSR count). The van der Waals surface area contributed by atoms with E-state index in [1.807, 2.05) is 0 Å². The van der Waals surface area contributed by atoms with Crippen molar-refractivity contribution in [3.8, 4) is 0 Å². The quantitative estimate of drug-likeness (QED) is 0.275. The van der Waals surface area contributed by atoms with E-state index in [4.69, 9.17) is 3.80 Å². The van der Waals surface area contributed by atoms with Crippen molar-refractivity contribution in [2.24, 2.45) is 0 Å². The van der Waals surface area contributed by atoms with Gasteiger partial charge in [-0.2, -0.15) is 0 Å². The Labute approximate surface area is 44.0 Å². The normalized spacial score (nSPS) is 2.25. The predicted molar refractivity (Wildman–Crippen MR) is 26.1 cm³/mol. The van der Waals surface area contributed by atoms with Crippen LogP contribution in [0.4, 0.5) is 0 Å². The fraction of sp³-hybridized carbons (Fsp3) is 0. The summed E-state index contributed by atoms with van der Waals surface area (Å²) in [5.74, 6) is 0. The number of hydrogen-bond donors (Lipinski definition) is 0. The van der Waals surface area contributed by atoms with Crippen LogP contribution in [-0.2, 0) is 3.80 Å². The van der Waals surface area contributed by atoms with Gasteiger partial charge in [0.1, 0.15) is 0 Å². The topological polar surface area (TPSA) is 17.1 Å². The van der Waals surface area contributed by atoms with Crippen LogP contribution in [0.3, 0.4) is 0 Å². The first-order valence-electron chi connectivity index (χ1n) is 0.569. The van der Waals surface area contributed by atoms with Crippen LogP contribution in [0, 0.1) is 0 Å². The molecule has 4 heavy (non-hydrogen) atoms. The Morgan fingerprint density at radius 2 is 1.75 bits per heavy atom. The fourth-order valence-corrected chi connectivity index (χ4v) is 0. The van der Waals surface area contributed by atoms with Gasteiger partial charge in [0.2, 0.25) is 0 Å². The Morgan fingerprint density at radius 1 is 1.75 bits per heavy atom. The van der Waals surface area contributed by atoms with Crippen molar-refractivity contribution in [1.29, 1.82) is 0 Å². The summed E-state index contributed by atoms with van der Waals surface area (Å²) in [7, 11) is 2.11. The van der Waals surface area contributed by atoms with Crippen LogP contribution in [0.1, 0.15) is 0 Å². The summed E-state index contributed by atoms with van der Waals surface area (Å²) >= 11 is -0.583. The van der Waals surface area contributed by atoms with Crippen molar-refractivity contribution in [3.63, 3.8) is 0 Å². The molecule has 0 fully saturated rings. The molecule has 0 radical (unpaired) electrons. The Morgan fingerprint density at radius 3 is 1.75 bits per heavy atom. The first kappa shape index (κ1) is 9.00. The molecule has 0 amide bonds. The molecule has 0 aliphatic rings. The maximum absolute atomic E-state index is 8.98. The van der Waals surface area contributed by atoms with Crippen LogP contribution in [0.25, 0.3) is 0 Å². The molecule has 0 heterocycles. The molecule has 0 aliphatic carbocycles. The maximum atomic E-state index is 8.98. The summed E-state index contributed by atoms with van der Waals surface area (Å²) in [5, 5.41) is 0. The second-order valence-electron chi connectivity index (χ2n) is 0.136. The van der Waals surface area contributed by atoms with Crippen molar-refractivity contribution in [3.05, 3.63) is 0 Å². The van der Waals surface area contributed by atoms with Crippen LogP contribution in [0.15, 0.2) is 0 Å². The summed E-state index contributed by atoms with van der Waals surface area (Å²) < 4.78 is 8.98. The van der Waals surface area contributed by atoms with Gasteiger partial charge in [-0.15, -0.1) is 0 Å². The first-order chi connectivity index (χ1) is 1.41. The molecule has 1 atom stereocenters. The van der Waals surface area contributed by atoms with Crippen molar-refractivity contribution in [1.82, 2.24) is 0 Å². The molecule has 4 heteroatoms. The van der Waals surface area contributed by atoms with Crippen molar-refractivity contribution < 1.29 is 3.80 Å². The molecule has 0 aromatic heterocycles. The SMILES string of the molecule is [AlH3].[O]=[Al][PH2]. The van der Waals surface area contributed by atoms with Gasteiger partial charge in [-0.1, -0.05) is 0 Å². The molecule has 0 bridgehead atoms. The van der Waals surface area contributed by atoms with E-state index in [1.54, 1.807) is 0 Å². The molecular weight excluding hydrogens is 101 g/mol. The van der Waals surface area contributed by atoms with E-state index in [1.165, 1.54) is 0 Å². The van der Waals surface area contributed by atoms with Gasteiger partial charge in [-0.25, -0.2) is 0 Å². The van der Waals surface area contributed by atoms with Gasteiger partial charge in [0.05, 0.1) is 0 Å². The van der Waals surface area contributed by atoms with E-state index in [0.717, 1.165) is 0 Å². The first-order valence-corrected chi connectivity index (χ1v) is 3.71. The van der Waals surface area contributed by atoms with Gasteiger partial charge in [-0.3, -0.25) is 0 Å². The molecule has 0 aliphatic heterocycles. The third-order valence-corrected chi connectivity index (χ3v) is 0. The molecule has 0 N–H and O–H groups in total. The zero-order valence-corrected chi connectivity index (χ0v) is 3.87. The van der Waals surface area contributed by atoms with Gasteiger partial charge in [0, 0.05) is 0 Å². The molecule has 1 nitrogen and oxygen atoms in total. The Balaban J connectivity index is 0. The van der Waals surface area contributed by atoms with E-state index in [-0.39, 0.29) is 17.4 Å². The predicted octanol–water partition coefficient (Wildman–Crippen LogP) is -1.36. The minimum atomic E-state index is -0.583. The van der Waals surface area contributed by atoms with Crippen LogP contribution in [-0.4, -0.2) is 32.1 Å². The van der Waals surface area contributed by atoms with E-state index in [2.05, 4.69) is 7.89 Å². The minimum absolute atomic E-state index is 0. The van der Waals surface area contributed by atoms with Crippen LogP contribution >= 0.6 is 7.89 Å². The summed E-state index contributed by atoms with van der Waals surface area (Å²) in [6.07, 6.45) is 0. The van der Waals surface area contributed by atoms with Gasteiger partial charge in [0.25, 0.3) is 0 Å². The summed E-state index contributed by atoms with van der Waals surface area (Å²) in [6.45, 7) is 0. The molecule has 0 aromatic rings. The molecule has 0 spiro atoms. The van der Waals surface area contributed by atoms with Gasteiger partial charge in [-0.05, 0) is 0 Å². The zero-order valence-electron chi connectivity index (χ0n) is 1.56. The van der Waals surface area contributed by atoms with Crippen LogP contribution < -0.4 is 0 Å². The summed E-state index contributed by atoms with van der Waals surface area (Å²) in [6, 6.07) is 0. The number of hydrogen-bond acceptors (Lipinski definition) is 1.